The second-order valence-corrected chi connectivity index (χ2v) is 10.7. The summed E-state index contributed by atoms with van der Waals surface area (Å²) in [7, 11) is 0. The predicted octanol–water partition coefficient (Wildman–Crippen LogP) is 2.06. The topological polar surface area (TPSA) is 94.1 Å². The molecule has 0 aromatic heterocycles. The maximum absolute atomic E-state index is 14.5. The van der Waals surface area contributed by atoms with Crippen molar-refractivity contribution in [3.8, 4) is 5.75 Å². The number of ether oxygens (including phenoxy) is 1. The SMILES string of the molecule is O=C1N[C@H](C[C@@H]2NCCN(Cc3ccccc3)C2=O)Cc2cc(F)cc(c2)OCCCCN2CC1CC2O. The van der Waals surface area contributed by atoms with Crippen molar-refractivity contribution in [3.63, 3.8) is 0 Å². The molecule has 2 saturated heterocycles. The normalized spacial score (nSPS) is 28.7. The first kappa shape index (κ1) is 26.6. The number of hydrogen-bond donors (Lipinski definition) is 3. The van der Waals surface area contributed by atoms with Gasteiger partial charge in [0.05, 0.1) is 18.6 Å². The average Bonchev–Trinajstić information content (AvgIpc) is 3.26. The van der Waals surface area contributed by atoms with Crippen LogP contribution in [-0.2, 0) is 22.6 Å². The molecule has 0 radical (unpaired) electrons. The summed E-state index contributed by atoms with van der Waals surface area (Å²) in [6, 6.07) is 13.7. The van der Waals surface area contributed by atoms with Gasteiger partial charge in [-0.05, 0) is 55.4 Å². The Morgan fingerprint density at radius 1 is 1.08 bits per heavy atom. The fourth-order valence-electron chi connectivity index (χ4n) is 5.76. The summed E-state index contributed by atoms with van der Waals surface area (Å²) < 4.78 is 20.3. The number of piperazine rings is 1. The Hall–Kier alpha value is -3.01. The number of aliphatic hydroxyl groups is 1. The largest absolute Gasteiger partial charge is 0.493 e. The minimum Gasteiger partial charge on any atom is -0.493 e. The molecule has 0 aliphatic carbocycles. The number of carbonyl (C=O) groups is 2. The van der Waals surface area contributed by atoms with E-state index in [4.69, 9.17) is 4.74 Å². The van der Waals surface area contributed by atoms with Gasteiger partial charge in [-0.15, -0.1) is 0 Å². The molecule has 3 heterocycles. The molecule has 2 aromatic carbocycles. The van der Waals surface area contributed by atoms with Crippen molar-refractivity contribution in [1.29, 1.82) is 0 Å². The van der Waals surface area contributed by atoms with E-state index in [1.165, 1.54) is 12.1 Å². The maximum atomic E-state index is 14.5. The monoisotopic (exact) mass is 524 g/mol. The van der Waals surface area contributed by atoms with E-state index in [0.717, 1.165) is 18.4 Å². The quantitative estimate of drug-likeness (QED) is 0.567. The zero-order valence-corrected chi connectivity index (χ0v) is 21.7. The molecule has 8 nitrogen and oxygen atoms in total. The molecule has 5 rings (SSSR count). The number of aliphatic hydroxyl groups excluding tert-OH is 1. The number of rotatable bonds is 4. The Balaban J connectivity index is 1.34. The second-order valence-electron chi connectivity index (χ2n) is 10.7. The van der Waals surface area contributed by atoms with Crippen LogP contribution in [0.2, 0.25) is 0 Å². The van der Waals surface area contributed by atoms with Crippen LogP contribution in [0.4, 0.5) is 4.39 Å². The van der Waals surface area contributed by atoms with Gasteiger partial charge in [-0.3, -0.25) is 14.5 Å². The highest BCUT2D eigenvalue weighted by Gasteiger charge is 2.37. The first-order valence-electron chi connectivity index (χ1n) is 13.7. The highest BCUT2D eigenvalue weighted by molar-refractivity contribution is 5.83. The maximum Gasteiger partial charge on any atom is 0.240 e. The molecule has 4 bridgehead atoms. The molecule has 2 fully saturated rings. The van der Waals surface area contributed by atoms with Crippen LogP contribution in [0.5, 0.6) is 5.75 Å². The molecule has 204 valence electrons. The smallest absolute Gasteiger partial charge is 0.240 e. The van der Waals surface area contributed by atoms with Crippen LogP contribution in [0.15, 0.2) is 48.5 Å². The van der Waals surface area contributed by atoms with E-state index in [1.54, 1.807) is 0 Å². The van der Waals surface area contributed by atoms with Crippen LogP contribution in [-0.4, -0.2) is 77.8 Å². The molecule has 5 atom stereocenters. The number of hydrogen-bond acceptors (Lipinski definition) is 6. The lowest BCUT2D eigenvalue weighted by Gasteiger charge is -2.35. The van der Waals surface area contributed by atoms with Crippen molar-refractivity contribution in [1.82, 2.24) is 20.4 Å². The van der Waals surface area contributed by atoms with Gasteiger partial charge in [0.15, 0.2) is 0 Å². The van der Waals surface area contributed by atoms with E-state index in [-0.39, 0.29) is 23.5 Å². The third-order valence-corrected chi connectivity index (χ3v) is 7.73. The van der Waals surface area contributed by atoms with Gasteiger partial charge in [0.1, 0.15) is 17.8 Å². The average molecular weight is 525 g/mol. The van der Waals surface area contributed by atoms with E-state index < -0.39 is 18.3 Å². The van der Waals surface area contributed by atoms with Crippen LogP contribution < -0.4 is 15.4 Å². The first-order chi connectivity index (χ1) is 18.4. The molecular formula is C29H37FN4O4. The first-order valence-corrected chi connectivity index (χ1v) is 13.7. The number of nitrogens with zero attached hydrogens (tertiary/aromatic N) is 2. The Morgan fingerprint density at radius 2 is 1.92 bits per heavy atom. The van der Waals surface area contributed by atoms with Crippen LogP contribution in [0.25, 0.3) is 0 Å². The molecule has 2 amide bonds. The standard InChI is InChI=1S/C29H37FN4O4/c30-23-12-21-13-24(17-26-29(37)34(10-8-31-26)18-20-6-2-1-3-7-20)32-28(36)22-15-27(35)33(19-22)9-4-5-11-38-25(14-21)16-23/h1-3,6-7,12,14,16,22,24,26-27,31,35H,4-5,8-11,13,15,17-19H2,(H,32,36)/t22?,24-,26-,27?/m0/s1. The number of carbonyl (C=O) groups excluding carboxylic acids is 2. The van der Waals surface area contributed by atoms with Crippen molar-refractivity contribution >= 4 is 11.8 Å². The third-order valence-electron chi connectivity index (χ3n) is 7.73. The van der Waals surface area contributed by atoms with Gasteiger partial charge >= 0.3 is 0 Å². The summed E-state index contributed by atoms with van der Waals surface area (Å²) in [4.78, 5) is 30.5. The van der Waals surface area contributed by atoms with Crippen LogP contribution in [0, 0.1) is 11.7 Å². The molecule has 3 aliphatic rings. The molecule has 9 heteroatoms. The molecular weight excluding hydrogens is 487 g/mol. The highest BCUT2D eigenvalue weighted by atomic mass is 19.1. The zero-order chi connectivity index (χ0) is 26.5. The lowest BCUT2D eigenvalue weighted by Crippen LogP contribution is -2.57. The van der Waals surface area contributed by atoms with Crippen molar-refractivity contribution in [2.24, 2.45) is 5.92 Å². The zero-order valence-electron chi connectivity index (χ0n) is 21.7. The Kier molecular flexibility index (Phi) is 8.56. The molecule has 38 heavy (non-hydrogen) atoms. The van der Waals surface area contributed by atoms with Gasteiger partial charge in [0, 0.05) is 44.8 Å². The van der Waals surface area contributed by atoms with E-state index in [9.17, 15) is 19.1 Å². The summed E-state index contributed by atoms with van der Waals surface area (Å²) >= 11 is 0. The van der Waals surface area contributed by atoms with E-state index >= 15 is 0 Å². The predicted molar refractivity (Wildman–Crippen MR) is 141 cm³/mol. The Labute approximate surface area is 223 Å². The summed E-state index contributed by atoms with van der Waals surface area (Å²) in [5.74, 6) is -0.398. The van der Waals surface area contributed by atoms with Crippen LogP contribution in [0.1, 0.15) is 36.8 Å². The number of halogens is 1. The summed E-state index contributed by atoms with van der Waals surface area (Å²) in [5.41, 5.74) is 1.78. The number of nitrogens with one attached hydrogen (secondary N) is 2. The van der Waals surface area contributed by atoms with Gasteiger partial charge in [-0.1, -0.05) is 30.3 Å². The van der Waals surface area contributed by atoms with Crippen LogP contribution >= 0.6 is 0 Å². The van der Waals surface area contributed by atoms with Gasteiger partial charge in [0.25, 0.3) is 0 Å². The molecule has 3 unspecified atom stereocenters. The molecule has 3 N–H and O–H groups in total. The van der Waals surface area contributed by atoms with Gasteiger partial charge in [-0.2, -0.15) is 0 Å². The molecule has 0 saturated carbocycles. The lowest BCUT2D eigenvalue weighted by molar-refractivity contribution is -0.137. The third kappa shape index (κ3) is 6.70. The fraction of sp³-hybridized carbons (Fsp3) is 0.517. The Morgan fingerprint density at radius 3 is 2.76 bits per heavy atom. The van der Waals surface area contributed by atoms with Crippen LogP contribution in [0.3, 0.4) is 0 Å². The highest BCUT2D eigenvalue weighted by Crippen LogP contribution is 2.25. The van der Waals surface area contributed by atoms with E-state index in [2.05, 4.69) is 10.6 Å². The number of fused-ring (bicyclic) bond motifs is 4. The Bertz CT molecular complexity index is 1120. The van der Waals surface area contributed by atoms with Gasteiger partial charge in [-0.25, -0.2) is 4.39 Å². The lowest BCUT2D eigenvalue weighted by atomic mass is 9.96. The van der Waals surface area contributed by atoms with Gasteiger partial charge < -0.3 is 25.4 Å². The number of benzene rings is 2. The summed E-state index contributed by atoms with van der Waals surface area (Å²) in [5, 5.41) is 17.0. The van der Waals surface area contributed by atoms with Gasteiger partial charge in [0.2, 0.25) is 11.8 Å². The summed E-state index contributed by atoms with van der Waals surface area (Å²) in [6.45, 7) is 3.43. The molecule has 2 aromatic rings. The summed E-state index contributed by atoms with van der Waals surface area (Å²) in [6.07, 6.45) is 2.05. The van der Waals surface area contributed by atoms with E-state index in [1.807, 2.05) is 46.2 Å². The minimum atomic E-state index is -0.645. The number of amides is 2. The van der Waals surface area contributed by atoms with Crippen molar-refractivity contribution in [2.75, 3.05) is 32.8 Å². The second kappa shape index (κ2) is 12.2. The molecule has 3 aliphatic heterocycles. The van der Waals surface area contributed by atoms with Crippen molar-refractivity contribution in [2.45, 2.75) is 57.0 Å². The minimum absolute atomic E-state index is 0.00373. The molecule has 0 spiro atoms. The van der Waals surface area contributed by atoms with E-state index in [0.29, 0.717) is 69.9 Å². The van der Waals surface area contributed by atoms with Crippen molar-refractivity contribution in [3.05, 3.63) is 65.5 Å². The fourth-order valence-corrected chi connectivity index (χ4v) is 5.76. The van der Waals surface area contributed by atoms with Crippen molar-refractivity contribution < 1.29 is 23.8 Å².